The summed E-state index contributed by atoms with van der Waals surface area (Å²) in [4.78, 5) is 77.2. The summed E-state index contributed by atoms with van der Waals surface area (Å²) in [5, 5.41) is 5.32. The zero-order valence-corrected chi connectivity index (χ0v) is 28.1. The van der Waals surface area contributed by atoms with Gasteiger partial charge in [0.2, 0.25) is 29.5 Å². The van der Waals surface area contributed by atoms with E-state index in [1.54, 1.807) is 11.6 Å². The van der Waals surface area contributed by atoms with Crippen molar-refractivity contribution in [3.05, 3.63) is 34.2 Å². The molecule has 13 nitrogen and oxygen atoms in total. The van der Waals surface area contributed by atoms with Gasteiger partial charge in [-0.1, -0.05) is 44.2 Å². The maximum absolute atomic E-state index is 13.8. The van der Waals surface area contributed by atoms with Gasteiger partial charge in [-0.05, 0) is 74.8 Å². The second-order valence-electron chi connectivity index (χ2n) is 14.0. The molecule has 3 atom stereocenters. The van der Waals surface area contributed by atoms with E-state index in [2.05, 4.69) is 10.6 Å². The molecule has 2 aliphatic heterocycles. The fourth-order valence-corrected chi connectivity index (χ4v) is 7.88. The van der Waals surface area contributed by atoms with Crippen molar-refractivity contribution in [2.75, 3.05) is 13.1 Å². The molecule has 48 heavy (non-hydrogen) atoms. The smallest absolute Gasteiger partial charge is 0.329 e. The Kier molecular flexibility index (Phi) is 11.7. The van der Waals surface area contributed by atoms with Gasteiger partial charge in [-0.2, -0.15) is 0 Å². The van der Waals surface area contributed by atoms with Crippen molar-refractivity contribution in [2.45, 2.75) is 114 Å². The molecular formula is C35H51N7O6. The first-order valence-corrected chi connectivity index (χ1v) is 17.7. The average Bonchev–Trinajstić information content (AvgIpc) is 3.34. The number of para-hydroxylation sites is 1. The number of hydrogen-bond acceptors (Lipinski definition) is 7. The van der Waals surface area contributed by atoms with Gasteiger partial charge in [0, 0.05) is 33.0 Å². The van der Waals surface area contributed by atoms with Crippen LogP contribution in [0, 0.1) is 11.8 Å². The zero-order chi connectivity index (χ0) is 34.4. The molecule has 1 aromatic carbocycles. The highest BCUT2D eigenvalue weighted by atomic mass is 16.2. The minimum absolute atomic E-state index is 0.0254. The summed E-state index contributed by atoms with van der Waals surface area (Å²) in [5.74, 6) is -1.09. The van der Waals surface area contributed by atoms with Crippen molar-refractivity contribution in [1.82, 2.24) is 24.7 Å². The molecule has 2 aromatic rings. The lowest BCUT2D eigenvalue weighted by atomic mass is 9.82. The second-order valence-corrected chi connectivity index (χ2v) is 14.0. The SMILES string of the molecule is Cn1c(=O)n(C2CCC(=O)NC2=O)c2cccc(CCCCC3CCN(C(=O)C(NC(=O)[C@@H](N)CCC(N)=O)C4CCCCC4)CC3)c21. The molecule has 1 saturated carbocycles. The maximum atomic E-state index is 13.8. The molecule has 6 N–H and O–H groups in total. The van der Waals surface area contributed by atoms with E-state index in [-0.39, 0.29) is 42.7 Å². The average molecular weight is 666 g/mol. The Morgan fingerprint density at radius 1 is 1.00 bits per heavy atom. The number of carbonyl (C=O) groups excluding carboxylic acids is 5. The Morgan fingerprint density at radius 3 is 2.42 bits per heavy atom. The van der Waals surface area contributed by atoms with E-state index in [9.17, 15) is 28.8 Å². The highest BCUT2D eigenvalue weighted by Crippen LogP contribution is 2.30. The number of aryl methyl sites for hydroxylation is 2. The Labute approximate surface area is 281 Å². The summed E-state index contributed by atoms with van der Waals surface area (Å²) in [7, 11) is 1.73. The van der Waals surface area contributed by atoms with Crippen LogP contribution in [-0.4, -0.2) is 68.7 Å². The first kappa shape index (κ1) is 35.3. The van der Waals surface area contributed by atoms with Gasteiger partial charge in [0.15, 0.2) is 0 Å². The number of benzene rings is 1. The number of piperidine rings is 2. The summed E-state index contributed by atoms with van der Waals surface area (Å²) < 4.78 is 3.14. The monoisotopic (exact) mass is 665 g/mol. The lowest BCUT2D eigenvalue weighted by Gasteiger charge is -2.38. The minimum Gasteiger partial charge on any atom is -0.370 e. The third kappa shape index (κ3) is 8.16. The molecular weight excluding hydrogens is 614 g/mol. The molecule has 3 heterocycles. The molecule has 0 spiro atoms. The number of aromatic nitrogens is 2. The molecule has 0 radical (unpaired) electrons. The van der Waals surface area contributed by atoms with Crippen molar-refractivity contribution in [3.63, 3.8) is 0 Å². The van der Waals surface area contributed by atoms with Gasteiger partial charge in [0.25, 0.3) is 0 Å². The van der Waals surface area contributed by atoms with Gasteiger partial charge in [0.05, 0.1) is 17.1 Å². The van der Waals surface area contributed by atoms with Crippen molar-refractivity contribution in [2.24, 2.45) is 30.4 Å². The number of nitrogens with zero attached hydrogens (tertiary/aromatic N) is 3. The van der Waals surface area contributed by atoms with E-state index in [4.69, 9.17) is 11.5 Å². The number of imidazole rings is 1. The number of fused-ring (bicyclic) bond motifs is 1. The summed E-state index contributed by atoms with van der Waals surface area (Å²) in [6, 6.07) is 3.63. The number of amides is 5. The molecule has 5 amide bonds. The van der Waals surface area contributed by atoms with Crippen LogP contribution in [0.25, 0.3) is 11.0 Å². The molecule has 0 bridgehead atoms. The van der Waals surface area contributed by atoms with Crippen LogP contribution in [0.1, 0.15) is 101 Å². The summed E-state index contributed by atoms with van der Waals surface area (Å²) in [6.07, 6.45) is 11.3. The fraction of sp³-hybridized carbons (Fsp3) is 0.657. The molecule has 1 aromatic heterocycles. The van der Waals surface area contributed by atoms with Crippen LogP contribution in [0.2, 0.25) is 0 Å². The number of likely N-dealkylation sites (tertiary alicyclic amines) is 1. The minimum atomic E-state index is -0.885. The number of carbonyl (C=O) groups is 5. The van der Waals surface area contributed by atoms with Crippen molar-refractivity contribution in [1.29, 1.82) is 0 Å². The summed E-state index contributed by atoms with van der Waals surface area (Å²) in [6.45, 7) is 1.32. The first-order valence-electron chi connectivity index (χ1n) is 17.7. The summed E-state index contributed by atoms with van der Waals surface area (Å²) in [5.41, 5.74) is 13.6. The molecule has 5 rings (SSSR count). The van der Waals surface area contributed by atoms with E-state index < -0.39 is 35.8 Å². The van der Waals surface area contributed by atoms with Crippen LogP contribution in [0.15, 0.2) is 23.0 Å². The van der Waals surface area contributed by atoms with Gasteiger partial charge in [-0.15, -0.1) is 0 Å². The summed E-state index contributed by atoms with van der Waals surface area (Å²) >= 11 is 0. The molecule has 1 aliphatic carbocycles. The van der Waals surface area contributed by atoms with Crippen molar-refractivity contribution < 1.29 is 24.0 Å². The number of rotatable bonds is 13. The van der Waals surface area contributed by atoms with Crippen molar-refractivity contribution in [3.8, 4) is 0 Å². The first-order chi connectivity index (χ1) is 23.0. The molecule has 3 aliphatic rings. The fourth-order valence-electron chi connectivity index (χ4n) is 7.88. The predicted molar refractivity (Wildman–Crippen MR) is 180 cm³/mol. The zero-order valence-electron chi connectivity index (χ0n) is 28.1. The largest absolute Gasteiger partial charge is 0.370 e. The number of nitrogens with two attached hydrogens (primary N) is 2. The molecule has 3 fully saturated rings. The predicted octanol–water partition coefficient (Wildman–Crippen LogP) is 1.93. The van der Waals surface area contributed by atoms with Crippen molar-refractivity contribution >= 4 is 40.6 Å². The lowest BCUT2D eigenvalue weighted by Crippen LogP contribution is -2.57. The number of hydrogen-bond donors (Lipinski definition) is 4. The highest BCUT2D eigenvalue weighted by molar-refractivity contribution is 6.00. The van der Waals surface area contributed by atoms with E-state index in [0.717, 1.165) is 81.7 Å². The Hall–Kier alpha value is -4.00. The third-order valence-corrected chi connectivity index (χ3v) is 10.7. The van der Waals surface area contributed by atoms with E-state index >= 15 is 0 Å². The molecule has 262 valence electrons. The lowest BCUT2D eigenvalue weighted by molar-refractivity contribution is -0.140. The molecule has 2 saturated heterocycles. The Bertz CT molecular complexity index is 1570. The van der Waals surface area contributed by atoms with Crippen LogP contribution in [0.5, 0.6) is 0 Å². The van der Waals surface area contributed by atoms with Crippen LogP contribution < -0.4 is 27.8 Å². The third-order valence-electron chi connectivity index (χ3n) is 10.7. The molecule has 13 heteroatoms. The van der Waals surface area contributed by atoms with Crippen LogP contribution in [0.4, 0.5) is 0 Å². The van der Waals surface area contributed by atoms with Gasteiger partial charge >= 0.3 is 5.69 Å². The quantitative estimate of drug-likeness (QED) is 0.186. The number of primary amides is 1. The van der Waals surface area contributed by atoms with Gasteiger partial charge in [-0.25, -0.2) is 4.79 Å². The Morgan fingerprint density at radius 2 is 1.73 bits per heavy atom. The second kappa shape index (κ2) is 15.9. The van der Waals surface area contributed by atoms with Crippen LogP contribution in [-0.2, 0) is 37.4 Å². The van der Waals surface area contributed by atoms with E-state index in [1.807, 2.05) is 23.1 Å². The standard InChI is InChI=1S/C35H51N7O6/c1-40-31-24(12-7-13-26(31)42(35(40)48)27-15-17-29(44)38-33(27)46)11-6-5-8-22-18-20-41(21-19-22)34(47)30(23-9-3-2-4-10-23)39-32(45)25(36)14-16-28(37)43/h7,12-13,22-23,25,27,30H,2-6,8-11,14-21,36H2,1H3,(H2,37,43)(H,39,45)(H,38,44,46)/t25-,27?,30?/m0/s1. The highest BCUT2D eigenvalue weighted by Gasteiger charge is 2.36. The Balaban J connectivity index is 1.13. The molecule has 2 unspecified atom stereocenters. The van der Waals surface area contributed by atoms with Gasteiger partial charge in [0.1, 0.15) is 12.1 Å². The normalized spacial score (nSPS) is 20.8. The van der Waals surface area contributed by atoms with E-state index in [1.165, 1.54) is 4.57 Å². The maximum Gasteiger partial charge on any atom is 0.329 e. The van der Waals surface area contributed by atoms with Gasteiger partial charge in [-0.3, -0.25) is 38.4 Å². The van der Waals surface area contributed by atoms with Gasteiger partial charge < -0.3 is 21.7 Å². The number of nitrogens with one attached hydrogen (secondary N) is 2. The number of imide groups is 1. The van der Waals surface area contributed by atoms with Crippen LogP contribution >= 0.6 is 0 Å². The number of unbranched alkanes of at least 4 members (excludes halogenated alkanes) is 1. The van der Waals surface area contributed by atoms with Crippen LogP contribution in [0.3, 0.4) is 0 Å². The topological polar surface area (TPSA) is 192 Å². The van der Waals surface area contributed by atoms with E-state index in [0.29, 0.717) is 30.9 Å².